The molecular weight excluding hydrogens is 396 g/mol. The number of fused-ring (bicyclic) bond motifs is 1. The highest BCUT2D eigenvalue weighted by atomic mass is 32.1. The van der Waals surface area contributed by atoms with Gasteiger partial charge in [-0.05, 0) is 35.7 Å². The van der Waals surface area contributed by atoms with Crippen molar-refractivity contribution >= 4 is 29.0 Å². The molecule has 9 heteroatoms. The molecule has 1 aliphatic rings. The number of carbonyl (C=O) groups excluding carboxylic acids is 1. The van der Waals surface area contributed by atoms with E-state index in [1.54, 1.807) is 34.6 Å². The van der Waals surface area contributed by atoms with E-state index in [4.69, 9.17) is 13.9 Å². The van der Waals surface area contributed by atoms with Gasteiger partial charge in [0.1, 0.15) is 5.76 Å². The summed E-state index contributed by atoms with van der Waals surface area (Å²) in [5.41, 5.74) is 0.107. The lowest BCUT2D eigenvalue weighted by Gasteiger charge is -2.19. The first-order valence-electron chi connectivity index (χ1n) is 8.70. The van der Waals surface area contributed by atoms with Crippen molar-refractivity contribution in [3.8, 4) is 11.5 Å². The zero-order valence-corrected chi connectivity index (χ0v) is 16.0. The lowest BCUT2D eigenvalue weighted by Crippen LogP contribution is -2.28. The number of rotatable bonds is 7. The summed E-state index contributed by atoms with van der Waals surface area (Å²) >= 11 is 1.55. The number of carbonyl (C=O) groups is 1. The SMILES string of the molecule is O=C(/C=C/c1cc2c(cc1[N+](=O)[O-])OCO2)N(Cc1ccco1)Cc1cccs1. The fraction of sp³-hybridized carbons (Fsp3) is 0.150. The molecule has 29 heavy (non-hydrogen) atoms. The first-order valence-corrected chi connectivity index (χ1v) is 9.58. The van der Waals surface area contributed by atoms with Gasteiger partial charge in [-0.3, -0.25) is 14.9 Å². The molecule has 0 atom stereocenters. The highest BCUT2D eigenvalue weighted by Crippen LogP contribution is 2.38. The maximum atomic E-state index is 12.9. The second kappa shape index (κ2) is 8.19. The molecule has 148 valence electrons. The second-order valence-corrected chi connectivity index (χ2v) is 7.24. The molecule has 1 aliphatic heterocycles. The number of nitro benzene ring substituents is 1. The normalized spacial score (nSPS) is 12.4. The molecule has 4 rings (SSSR count). The summed E-state index contributed by atoms with van der Waals surface area (Å²) < 4.78 is 15.8. The average Bonchev–Trinajstić information content (AvgIpc) is 3.47. The van der Waals surface area contributed by atoms with Gasteiger partial charge in [-0.25, -0.2) is 0 Å². The standard InChI is InChI=1S/C20H16N2O6S/c23-20(21(11-15-3-1-7-26-15)12-16-4-2-8-29-16)6-5-14-9-18-19(28-13-27-18)10-17(14)22(24)25/h1-10H,11-13H2/b6-5+. The lowest BCUT2D eigenvalue weighted by atomic mass is 10.1. The van der Waals surface area contributed by atoms with E-state index in [1.807, 2.05) is 17.5 Å². The molecule has 0 radical (unpaired) electrons. The number of hydrogen-bond donors (Lipinski definition) is 0. The van der Waals surface area contributed by atoms with Crippen LogP contribution in [-0.4, -0.2) is 22.5 Å². The Morgan fingerprint density at radius 1 is 1.21 bits per heavy atom. The highest BCUT2D eigenvalue weighted by molar-refractivity contribution is 7.09. The molecular formula is C20H16N2O6S. The monoisotopic (exact) mass is 412 g/mol. The molecule has 0 N–H and O–H groups in total. The first kappa shape index (κ1) is 18.8. The third-order valence-electron chi connectivity index (χ3n) is 4.29. The molecule has 1 amide bonds. The quantitative estimate of drug-likeness (QED) is 0.328. The third-order valence-corrected chi connectivity index (χ3v) is 5.15. The number of benzene rings is 1. The number of furan rings is 1. The van der Waals surface area contributed by atoms with Crippen LogP contribution >= 0.6 is 11.3 Å². The van der Waals surface area contributed by atoms with Crippen LogP contribution in [0.4, 0.5) is 5.69 Å². The van der Waals surface area contributed by atoms with E-state index < -0.39 is 4.92 Å². The number of thiophene rings is 1. The molecule has 3 aromatic rings. The topological polar surface area (TPSA) is 95.0 Å². The number of amides is 1. The van der Waals surface area contributed by atoms with Crippen molar-refractivity contribution in [3.05, 3.63) is 80.4 Å². The predicted molar refractivity (Wildman–Crippen MR) is 106 cm³/mol. The van der Waals surface area contributed by atoms with Gasteiger partial charge in [-0.15, -0.1) is 11.3 Å². The molecule has 0 fully saturated rings. The zero-order chi connectivity index (χ0) is 20.2. The second-order valence-electron chi connectivity index (χ2n) is 6.21. The Hall–Kier alpha value is -3.59. The van der Waals surface area contributed by atoms with Crippen LogP contribution in [0.3, 0.4) is 0 Å². The van der Waals surface area contributed by atoms with Gasteiger partial charge in [0.15, 0.2) is 11.5 Å². The first-order chi connectivity index (χ1) is 14.1. The van der Waals surface area contributed by atoms with Crippen molar-refractivity contribution in [1.29, 1.82) is 0 Å². The summed E-state index contributed by atoms with van der Waals surface area (Å²) in [4.78, 5) is 26.4. The molecule has 0 aliphatic carbocycles. The van der Waals surface area contributed by atoms with Crippen molar-refractivity contribution in [2.24, 2.45) is 0 Å². The Kier molecular flexibility index (Phi) is 5.30. The molecule has 0 saturated heterocycles. The van der Waals surface area contributed by atoms with Crippen molar-refractivity contribution in [2.75, 3.05) is 6.79 Å². The largest absolute Gasteiger partial charge is 0.467 e. The van der Waals surface area contributed by atoms with Crippen molar-refractivity contribution in [1.82, 2.24) is 4.90 Å². The van der Waals surface area contributed by atoms with Gasteiger partial charge in [0.05, 0.1) is 35.9 Å². The van der Waals surface area contributed by atoms with Crippen LogP contribution in [0.25, 0.3) is 6.08 Å². The summed E-state index contributed by atoms with van der Waals surface area (Å²) in [6.07, 6.45) is 4.29. The predicted octanol–water partition coefficient (Wildman–Crippen LogP) is 4.22. The molecule has 2 aromatic heterocycles. The van der Waals surface area contributed by atoms with Gasteiger partial charge in [-0.2, -0.15) is 0 Å². The van der Waals surface area contributed by atoms with E-state index in [2.05, 4.69) is 0 Å². The summed E-state index contributed by atoms with van der Waals surface area (Å²) in [5, 5.41) is 13.3. The van der Waals surface area contributed by atoms with Crippen molar-refractivity contribution in [3.63, 3.8) is 0 Å². The average molecular weight is 412 g/mol. The molecule has 0 bridgehead atoms. The van der Waals surface area contributed by atoms with Crippen LogP contribution in [0.5, 0.6) is 11.5 Å². The lowest BCUT2D eigenvalue weighted by molar-refractivity contribution is -0.385. The molecule has 3 heterocycles. The Bertz CT molecular complexity index is 1010. The van der Waals surface area contributed by atoms with Crippen molar-refractivity contribution in [2.45, 2.75) is 13.1 Å². The smallest absolute Gasteiger partial charge is 0.280 e. The van der Waals surface area contributed by atoms with Gasteiger partial charge in [0, 0.05) is 11.0 Å². The minimum atomic E-state index is -0.516. The number of hydrogen-bond acceptors (Lipinski definition) is 7. The molecule has 8 nitrogen and oxygen atoms in total. The molecule has 1 aromatic carbocycles. The van der Waals surface area contributed by atoms with E-state index in [-0.39, 0.29) is 30.5 Å². The van der Waals surface area contributed by atoms with Gasteiger partial charge in [-0.1, -0.05) is 6.07 Å². The van der Waals surface area contributed by atoms with Crippen LogP contribution in [0, 0.1) is 10.1 Å². The Morgan fingerprint density at radius 2 is 2.03 bits per heavy atom. The number of nitro groups is 1. The van der Waals surface area contributed by atoms with E-state index in [0.717, 1.165) is 4.88 Å². The van der Waals surface area contributed by atoms with Crippen LogP contribution in [0.15, 0.2) is 58.5 Å². The number of ether oxygens (including phenoxy) is 2. The Morgan fingerprint density at radius 3 is 2.72 bits per heavy atom. The van der Waals surface area contributed by atoms with Crippen LogP contribution in [0.2, 0.25) is 0 Å². The minimum Gasteiger partial charge on any atom is -0.467 e. The van der Waals surface area contributed by atoms with Gasteiger partial charge >= 0.3 is 0 Å². The maximum absolute atomic E-state index is 12.9. The Balaban J connectivity index is 1.58. The maximum Gasteiger partial charge on any atom is 0.280 e. The van der Waals surface area contributed by atoms with Crippen LogP contribution in [0.1, 0.15) is 16.2 Å². The van der Waals surface area contributed by atoms with E-state index in [0.29, 0.717) is 23.8 Å². The summed E-state index contributed by atoms with van der Waals surface area (Å²) in [6, 6.07) is 10.2. The van der Waals surface area contributed by atoms with Crippen LogP contribution < -0.4 is 9.47 Å². The van der Waals surface area contributed by atoms with Gasteiger partial charge < -0.3 is 18.8 Å². The zero-order valence-electron chi connectivity index (χ0n) is 15.1. The van der Waals surface area contributed by atoms with E-state index in [9.17, 15) is 14.9 Å². The number of nitrogens with zero attached hydrogens (tertiary/aromatic N) is 2. The van der Waals surface area contributed by atoms with Gasteiger partial charge in [0.2, 0.25) is 12.7 Å². The van der Waals surface area contributed by atoms with Crippen LogP contribution in [-0.2, 0) is 17.9 Å². The van der Waals surface area contributed by atoms with Crippen molar-refractivity contribution < 1.29 is 23.6 Å². The summed E-state index contributed by atoms with van der Waals surface area (Å²) in [5.74, 6) is 1.09. The fourth-order valence-corrected chi connectivity index (χ4v) is 3.62. The Labute approximate surface area is 169 Å². The summed E-state index contributed by atoms with van der Waals surface area (Å²) in [7, 11) is 0. The fourth-order valence-electron chi connectivity index (χ4n) is 2.90. The highest BCUT2D eigenvalue weighted by Gasteiger charge is 2.22. The molecule has 0 spiro atoms. The molecule has 0 saturated carbocycles. The van der Waals surface area contributed by atoms with Gasteiger partial charge in [0.25, 0.3) is 5.69 Å². The molecule has 0 unspecified atom stereocenters. The summed E-state index contributed by atoms with van der Waals surface area (Å²) in [6.45, 7) is 0.707. The van der Waals surface area contributed by atoms with E-state index in [1.165, 1.54) is 24.3 Å². The third kappa shape index (κ3) is 4.30. The minimum absolute atomic E-state index is 0.0102. The van der Waals surface area contributed by atoms with E-state index >= 15 is 0 Å².